The maximum Gasteiger partial charge on any atom is 0.253 e. The van der Waals surface area contributed by atoms with E-state index < -0.39 is 0 Å². The molecule has 5 nitrogen and oxygen atoms in total. The second-order valence-electron chi connectivity index (χ2n) is 8.25. The molecule has 158 valence electrons. The number of fused-ring (bicyclic) bond motifs is 1. The molecule has 1 aliphatic rings. The third-order valence-electron chi connectivity index (χ3n) is 5.95. The van der Waals surface area contributed by atoms with Gasteiger partial charge in [0.05, 0.1) is 0 Å². The fraction of sp³-hybridized carbons (Fsp3) is 0.440. The molecule has 5 heteroatoms. The highest BCUT2D eigenvalue weighted by Gasteiger charge is 2.24. The summed E-state index contributed by atoms with van der Waals surface area (Å²) in [5.74, 6) is 1.29. The van der Waals surface area contributed by atoms with Crippen LogP contribution in [-0.4, -0.2) is 40.6 Å². The Bertz CT molecular complexity index is 967. The molecule has 0 spiro atoms. The number of aromatic nitrogens is 1. The molecule has 1 fully saturated rings. The summed E-state index contributed by atoms with van der Waals surface area (Å²) in [4.78, 5) is 19.6. The lowest BCUT2D eigenvalue weighted by molar-refractivity contribution is 0.0663. The van der Waals surface area contributed by atoms with Gasteiger partial charge in [0.25, 0.3) is 5.91 Å². The molecule has 0 aliphatic carbocycles. The number of aliphatic hydroxyl groups is 1. The maximum atomic E-state index is 13.0. The summed E-state index contributed by atoms with van der Waals surface area (Å²) in [6, 6.07) is 16.0. The predicted molar refractivity (Wildman–Crippen MR) is 117 cm³/mol. The zero-order valence-corrected chi connectivity index (χ0v) is 17.4. The molecule has 0 radical (unpaired) electrons. The molecule has 1 aliphatic heterocycles. The van der Waals surface area contributed by atoms with Gasteiger partial charge in [0, 0.05) is 31.7 Å². The van der Waals surface area contributed by atoms with Crippen LogP contribution in [0.2, 0.25) is 0 Å². The smallest absolute Gasteiger partial charge is 0.253 e. The first-order valence-corrected chi connectivity index (χ1v) is 11.1. The first-order chi connectivity index (χ1) is 14.7. The van der Waals surface area contributed by atoms with Crippen LogP contribution in [-0.2, 0) is 12.8 Å². The van der Waals surface area contributed by atoms with Crippen molar-refractivity contribution in [1.82, 2.24) is 9.88 Å². The standard InChI is InChI=1S/C25H30N2O3/c28-16-6-11-20-10-5-15-27(18-20)25(29)21-13-14-23-22(17-21)26-24(30-23)12-4-9-19-7-2-1-3-8-19/h1-3,7-8,13-14,17,20,28H,4-6,9-12,15-16,18H2/t20-/m1/s1. The van der Waals surface area contributed by atoms with E-state index in [-0.39, 0.29) is 12.5 Å². The van der Waals surface area contributed by atoms with Crippen LogP contribution in [0.1, 0.15) is 53.9 Å². The van der Waals surface area contributed by atoms with Crippen LogP contribution in [0.25, 0.3) is 11.1 Å². The average molecular weight is 407 g/mol. The average Bonchev–Trinajstić information content (AvgIpc) is 3.20. The molecular weight excluding hydrogens is 376 g/mol. The lowest BCUT2D eigenvalue weighted by atomic mass is 9.93. The Labute approximate surface area is 177 Å². The number of aliphatic hydroxyl groups excluding tert-OH is 1. The second-order valence-corrected chi connectivity index (χ2v) is 8.25. The van der Waals surface area contributed by atoms with E-state index in [2.05, 4.69) is 29.2 Å². The number of carbonyl (C=O) groups is 1. The molecule has 2 heterocycles. The molecule has 30 heavy (non-hydrogen) atoms. The van der Waals surface area contributed by atoms with Crippen LogP contribution in [0.4, 0.5) is 0 Å². The number of carbonyl (C=O) groups excluding carboxylic acids is 1. The van der Waals surface area contributed by atoms with Crippen LogP contribution in [0, 0.1) is 5.92 Å². The fourth-order valence-corrected chi connectivity index (χ4v) is 4.35. The molecular formula is C25H30N2O3. The largest absolute Gasteiger partial charge is 0.441 e. The van der Waals surface area contributed by atoms with Crippen molar-refractivity contribution < 1.29 is 14.3 Å². The second kappa shape index (κ2) is 9.90. The van der Waals surface area contributed by atoms with E-state index in [4.69, 9.17) is 9.52 Å². The zero-order chi connectivity index (χ0) is 20.8. The van der Waals surface area contributed by atoms with E-state index in [9.17, 15) is 4.79 Å². The summed E-state index contributed by atoms with van der Waals surface area (Å²) >= 11 is 0. The minimum absolute atomic E-state index is 0.0687. The number of oxazole rings is 1. The Morgan fingerprint density at radius 2 is 2.00 bits per heavy atom. The van der Waals surface area contributed by atoms with Crippen LogP contribution in [0.5, 0.6) is 0 Å². The van der Waals surface area contributed by atoms with Gasteiger partial charge in [-0.15, -0.1) is 0 Å². The van der Waals surface area contributed by atoms with Gasteiger partial charge in [-0.2, -0.15) is 0 Å². The molecule has 4 rings (SSSR count). The van der Waals surface area contributed by atoms with Gasteiger partial charge in [-0.3, -0.25) is 4.79 Å². The topological polar surface area (TPSA) is 66.6 Å². The van der Waals surface area contributed by atoms with Crippen molar-refractivity contribution in [3.63, 3.8) is 0 Å². The summed E-state index contributed by atoms with van der Waals surface area (Å²) in [5.41, 5.74) is 3.49. The van der Waals surface area contributed by atoms with Crippen molar-refractivity contribution in [2.75, 3.05) is 19.7 Å². The van der Waals surface area contributed by atoms with E-state index in [0.29, 0.717) is 11.5 Å². The molecule has 1 saturated heterocycles. The van der Waals surface area contributed by atoms with Gasteiger partial charge in [0.1, 0.15) is 5.52 Å². The summed E-state index contributed by atoms with van der Waals surface area (Å²) < 4.78 is 5.89. The number of benzene rings is 2. The highest BCUT2D eigenvalue weighted by atomic mass is 16.3. The van der Waals surface area contributed by atoms with Crippen molar-refractivity contribution in [2.45, 2.75) is 44.9 Å². The Morgan fingerprint density at radius 1 is 1.13 bits per heavy atom. The molecule has 0 bridgehead atoms. The number of rotatable bonds is 8. The van der Waals surface area contributed by atoms with Crippen LogP contribution < -0.4 is 0 Å². The van der Waals surface area contributed by atoms with E-state index >= 15 is 0 Å². The summed E-state index contributed by atoms with van der Waals surface area (Å²) in [6.45, 7) is 1.80. The Hall–Kier alpha value is -2.66. The third-order valence-corrected chi connectivity index (χ3v) is 5.95. The molecule has 2 aromatic carbocycles. The number of piperidine rings is 1. The van der Waals surface area contributed by atoms with Gasteiger partial charge in [-0.25, -0.2) is 4.98 Å². The number of amides is 1. The Balaban J connectivity index is 1.38. The predicted octanol–water partition coefficient (Wildman–Crippen LogP) is 4.63. The fourth-order valence-electron chi connectivity index (χ4n) is 4.35. The molecule has 0 saturated carbocycles. The van der Waals surface area contributed by atoms with E-state index in [1.54, 1.807) is 0 Å². The minimum atomic E-state index is 0.0687. The van der Waals surface area contributed by atoms with Gasteiger partial charge in [0.2, 0.25) is 0 Å². The van der Waals surface area contributed by atoms with Crippen molar-refractivity contribution in [2.24, 2.45) is 5.92 Å². The van der Waals surface area contributed by atoms with E-state index in [1.807, 2.05) is 29.2 Å². The van der Waals surface area contributed by atoms with Gasteiger partial charge in [0.15, 0.2) is 11.5 Å². The molecule has 1 aromatic heterocycles. The van der Waals surface area contributed by atoms with Gasteiger partial charge in [-0.1, -0.05) is 30.3 Å². The minimum Gasteiger partial charge on any atom is -0.441 e. The first kappa shape index (κ1) is 20.6. The molecule has 1 amide bonds. The van der Waals surface area contributed by atoms with Gasteiger partial charge in [-0.05, 0) is 68.2 Å². The number of aryl methyl sites for hydroxylation is 2. The van der Waals surface area contributed by atoms with Crippen LogP contribution in [0.15, 0.2) is 52.9 Å². The summed E-state index contributed by atoms with van der Waals surface area (Å²) in [7, 11) is 0. The highest BCUT2D eigenvalue weighted by Crippen LogP contribution is 2.24. The normalized spacial score (nSPS) is 16.8. The van der Waals surface area contributed by atoms with Crippen molar-refractivity contribution in [3.8, 4) is 0 Å². The maximum absolute atomic E-state index is 13.0. The Kier molecular flexibility index (Phi) is 6.80. The van der Waals surface area contributed by atoms with E-state index in [1.165, 1.54) is 5.56 Å². The first-order valence-electron chi connectivity index (χ1n) is 11.1. The lowest BCUT2D eigenvalue weighted by Gasteiger charge is -2.32. The van der Waals surface area contributed by atoms with E-state index in [0.717, 1.165) is 75.0 Å². The van der Waals surface area contributed by atoms with Gasteiger partial charge >= 0.3 is 0 Å². The van der Waals surface area contributed by atoms with Crippen molar-refractivity contribution in [1.29, 1.82) is 0 Å². The number of hydrogen-bond donors (Lipinski definition) is 1. The molecule has 1 N–H and O–H groups in total. The zero-order valence-electron chi connectivity index (χ0n) is 17.4. The highest BCUT2D eigenvalue weighted by molar-refractivity contribution is 5.97. The van der Waals surface area contributed by atoms with Crippen LogP contribution >= 0.6 is 0 Å². The van der Waals surface area contributed by atoms with Crippen molar-refractivity contribution in [3.05, 3.63) is 65.5 Å². The SMILES string of the molecule is O=C(c1ccc2oc(CCCc3ccccc3)nc2c1)N1CCC[C@H](CCCO)C1. The number of likely N-dealkylation sites (tertiary alicyclic amines) is 1. The lowest BCUT2D eigenvalue weighted by Crippen LogP contribution is -2.40. The third kappa shape index (κ3) is 5.08. The van der Waals surface area contributed by atoms with Gasteiger partial charge < -0.3 is 14.4 Å². The monoisotopic (exact) mass is 406 g/mol. The molecule has 0 unspecified atom stereocenters. The van der Waals surface area contributed by atoms with Crippen molar-refractivity contribution >= 4 is 17.0 Å². The molecule has 1 atom stereocenters. The number of hydrogen-bond acceptors (Lipinski definition) is 4. The summed E-state index contributed by atoms with van der Waals surface area (Å²) in [5, 5.41) is 9.07. The molecule has 3 aromatic rings. The van der Waals surface area contributed by atoms with Crippen LogP contribution in [0.3, 0.4) is 0 Å². The number of nitrogens with zero attached hydrogens (tertiary/aromatic N) is 2. The summed E-state index contributed by atoms with van der Waals surface area (Å²) in [6.07, 6.45) is 6.71. The quantitative estimate of drug-likeness (QED) is 0.592. The Morgan fingerprint density at radius 3 is 2.83 bits per heavy atom.